The van der Waals surface area contributed by atoms with Gasteiger partial charge in [0.15, 0.2) is 51.1 Å². The molecule has 11 heterocycles. The quantitative estimate of drug-likeness (QED) is 0.0152. The molecule has 0 aliphatic carbocycles. The number of carbonyl (C=O) groups excluding carboxylic acids is 12. The van der Waals surface area contributed by atoms with Crippen LogP contribution < -0.4 is 15.2 Å². The van der Waals surface area contributed by atoms with Crippen molar-refractivity contribution in [3.8, 4) is 23.0 Å². The number of ether oxygens (including phenoxy) is 6. The van der Waals surface area contributed by atoms with Crippen LogP contribution in [0.25, 0.3) is 0 Å². The number of carboxylic acids is 2. The first kappa shape index (κ1) is 84.7. The van der Waals surface area contributed by atoms with Crippen molar-refractivity contribution < 1.29 is 135 Å². The summed E-state index contributed by atoms with van der Waals surface area (Å²) in [6.45, 7) is 12.2. The fourth-order valence-electron chi connectivity index (χ4n) is 15.0. The van der Waals surface area contributed by atoms with Crippen LogP contribution in [0.3, 0.4) is 0 Å². The van der Waals surface area contributed by atoms with E-state index in [0.29, 0.717) is 57.2 Å². The molecule has 121 heavy (non-hydrogen) atoms. The maximum absolute atomic E-state index is 14.5. The summed E-state index contributed by atoms with van der Waals surface area (Å²) in [7, 11) is 3.71. The number of aliphatic carboxylic acids is 2. The average Bonchev–Trinajstić information content (AvgIpc) is 1.56. The Bertz CT molecular complexity index is 5260. The lowest BCUT2D eigenvalue weighted by Gasteiger charge is -2.38. The van der Waals surface area contributed by atoms with Crippen LogP contribution in [-0.4, -0.2) is 254 Å². The molecular weight excluding hydrogens is 1630 g/mol. The number of carboxylic acid groups (broad SMARTS) is 2. The van der Waals surface area contributed by atoms with E-state index < -0.39 is 202 Å². The Hall–Kier alpha value is -12.7. The maximum atomic E-state index is 14.5. The number of oxime groups is 2. The predicted molar refractivity (Wildman–Crippen MR) is 413 cm³/mol. The van der Waals surface area contributed by atoms with Crippen molar-refractivity contribution in [3.05, 3.63) is 145 Å². The second-order valence-electron chi connectivity index (χ2n) is 32.2. The van der Waals surface area contributed by atoms with Crippen LogP contribution in [0.5, 0.6) is 23.0 Å². The molecule has 6 atom stereocenters. The first-order valence-corrected chi connectivity index (χ1v) is 39.8. The smallest absolute Gasteiger partial charge is 0.375 e. The highest BCUT2D eigenvalue weighted by atomic mass is 32.1. The number of carbonyl (C=O) groups is 14. The Labute approximate surface area is 695 Å². The highest BCUT2D eigenvalue weighted by Crippen LogP contribution is 2.52. The number of esters is 4. The third kappa shape index (κ3) is 15.7. The van der Waals surface area contributed by atoms with Crippen molar-refractivity contribution >= 4 is 122 Å². The minimum atomic E-state index is -2.87. The first-order chi connectivity index (χ1) is 57.1. The van der Waals surface area contributed by atoms with E-state index in [1.165, 1.54) is 28.8 Å². The number of imide groups is 2. The number of ketones is 2. The number of hydrogen-bond donors (Lipinski definition) is 5. The van der Waals surface area contributed by atoms with Crippen LogP contribution in [0.15, 0.2) is 106 Å². The van der Waals surface area contributed by atoms with E-state index in [-0.39, 0.29) is 86.7 Å². The molecule has 9 aliphatic rings. The SMILES string of the molecule is CN1CCC(O/N=C(\C(=O)C[C@H]2CON(C3(C(=O)O)C[C@H](N4C(=O)c5cc(O)c(O)cc5C4=O)C(=O)O3)C2=O)c2csc(N)n2)(C(=O)O)CC1.Cc1nc(/C(=N/OC2(C(=O)OC(C)(C)C)CCN(C)CC2)C(=O)C[C@H]2CON(C3(C(=O)OC(C)(C)C)C[C@H](N4C(=O)c5cc6c(cc5C4=O)OC(c4ccccc4)(c4ccccc4)O6)C(=O)O3)C2=O)cs1. The number of likely N-dealkylation sites (tertiary alicyclic amines) is 2. The number of benzene rings is 4. The molecule has 636 valence electrons. The van der Waals surface area contributed by atoms with Crippen LogP contribution in [0, 0.1) is 18.8 Å². The van der Waals surface area contributed by atoms with E-state index in [4.69, 9.17) is 53.5 Å². The van der Waals surface area contributed by atoms with Gasteiger partial charge in [-0.3, -0.25) is 57.8 Å². The Morgan fingerprint density at radius 1 is 0.537 bits per heavy atom. The van der Waals surface area contributed by atoms with Gasteiger partial charge >= 0.3 is 53.1 Å². The molecular formula is C80H81N11O28S2. The number of hydroxylamine groups is 4. The van der Waals surface area contributed by atoms with E-state index in [9.17, 15) is 87.5 Å². The Kier molecular flexibility index (Phi) is 22.3. The lowest BCUT2D eigenvalue weighted by atomic mass is 9.91. The number of cyclic esters (lactones) is 2. The Morgan fingerprint density at radius 2 is 0.934 bits per heavy atom. The number of nitrogens with two attached hydrogens (primary N) is 1. The number of nitrogens with zero attached hydrogens (tertiary/aromatic N) is 10. The summed E-state index contributed by atoms with van der Waals surface area (Å²) in [4.78, 5) is 227. The molecule has 6 saturated heterocycles. The molecule has 39 nitrogen and oxygen atoms in total. The van der Waals surface area contributed by atoms with Crippen LogP contribution in [0.1, 0.15) is 162 Å². The fourth-order valence-corrected chi connectivity index (χ4v) is 16.2. The lowest BCUT2D eigenvalue weighted by Crippen LogP contribution is -2.57. The summed E-state index contributed by atoms with van der Waals surface area (Å²) in [5.74, 6) is -20.5. The van der Waals surface area contributed by atoms with E-state index in [1.807, 2.05) is 77.5 Å². The molecule has 15 rings (SSSR count). The molecule has 0 saturated carbocycles. The number of aromatic hydroxyl groups is 2. The monoisotopic (exact) mass is 1710 g/mol. The predicted octanol–water partition coefficient (Wildman–Crippen LogP) is 4.80. The number of rotatable bonds is 22. The standard InChI is InChI=1S/C51H53N5O14S.C29H28N6O14S/c1-29-52-35(28-71-29)40(53-70-49(19-21-54(8)22-20-49)45(62)68-47(2,3)4)37(57)23-30-27-64-56(41(30)58)50(46(63)69-48(5,6)7)26-36(44(61)67-50)55-42(59)33-24-38-39(25-34(33)43(55)60)66-51(65-38,31-15-11-9-12-16-31)32-17-13-10-14-18-32;1-33-4-2-28(3-5-33,25(43)44)49-32-20(15-11-50-27(30)31-15)19(38)6-12-10-47-35(21(12)39)29(26(45)46)9-16(24(42)48-29)34-22(40)13-7-17(36)18(37)8-14(13)23(34)41/h9-18,24-25,28,30,36H,19-23,26-27H2,1-8H3;7-8,11-12,16,36-37H,2-6,9-10H2,1H3,(H2,30,31)(H,43,44)(H,45,46)/b53-40-;32-20-/t30-,36-,50?;12-,16-,29?/m00/s1. The van der Waals surface area contributed by atoms with Gasteiger partial charge in [0, 0.05) is 86.6 Å². The zero-order valence-corrected chi connectivity index (χ0v) is 68.0. The Balaban J connectivity index is 0.000000210. The van der Waals surface area contributed by atoms with Gasteiger partial charge in [0.05, 0.1) is 65.2 Å². The number of nitrogen functional groups attached to an aromatic ring is 1. The van der Waals surface area contributed by atoms with Gasteiger partial charge in [-0.1, -0.05) is 71.0 Å². The summed E-state index contributed by atoms with van der Waals surface area (Å²) in [5, 5.41) is 52.3. The van der Waals surface area contributed by atoms with Crippen molar-refractivity contribution in [1.82, 2.24) is 39.7 Å². The number of phenolic OH excluding ortho intramolecular Hbond substituents is 2. The molecule has 0 bridgehead atoms. The van der Waals surface area contributed by atoms with Crippen LogP contribution in [0.4, 0.5) is 5.13 Å². The van der Waals surface area contributed by atoms with Gasteiger partial charge in [0.1, 0.15) is 34.7 Å². The minimum absolute atomic E-state index is 0.0480. The molecule has 0 radical (unpaired) electrons. The zero-order valence-electron chi connectivity index (χ0n) is 66.4. The molecule has 0 spiro atoms. The summed E-state index contributed by atoms with van der Waals surface area (Å²) >= 11 is 2.19. The number of anilines is 1. The second kappa shape index (κ2) is 31.8. The molecule has 2 unspecified atom stereocenters. The molecule has 6 amide bonds. The number of thiazole rings is 2. The summed E-state index contributed by atoms with van der Waals surface area (Å²) in [5.41, 5.74) is -5.41. The van der Waals surface area contributed by atoms with Crippen molar-refractivity contribution in [1.29, 1.82) is 0 Å². The van der Waals surface area contributed by atoms with E-state index in [1.54, 1.807) is 60.9 Å². The number of aryl methyl sites for hydroxylation is 1. The highest BCUT2D eigenvalue weighted by Gasteiger charge is 2.68. The van der Waals surface area contributed by atoms with E-state index in [2.05, 4.69) is 20.3 Å². The van der Waals surface area contributed by atoms with Gasteiger partial charge in [-0.2, -0.15) is 10.1 Å². The van der Waals surface area contributed by atoms with Crippen LogP contribution in [0.2, 0.25) is 0 Å². The minimum Gasteiger partial charge on any atom is -0.504 e. The number of aromatic nitrogens is 2. The topological polar surface area (TPSA) is 508 Å². The van der Waals surface area contributed by atoms with Gasteiger partial charge in [-0.25, -0.2) is 38.7 Å². The maximum Gasteiger partial charge on any atom is 0.375 e. The van der Waals surface area contributed by atoms with Gasteiger partial charge in [0.25, 0.3) is 35.4 Å². The zero-order chi connectivity index (χ0) is 87.1. The normalized spacial score (nSPS) is 23.8. The fraction of sp³-hybridized carbons (Fsp3) is 0.425. The summed E-state index contributed by atoms with van der Waals surface area (Å²) < 4.78 is 35.4. The summed E-state index contributed by atoms with van der Waals surface area (Å²) in [6, 6.07) is 19.0. The van der Waals surface area contributed by atoms with Gasteiger partial charge in [0.2, 0.25) is 11.2 Å². The van der Waals surface area contributed by atoms with Crippen molar-refractivity contribution in [2.24, 2.45) is 22.1 Å². The number of amides is 6. The van der Waals surface area contributed by atoms with E-state index >= 15 is 0 Å². The third-order valence-corrected chi connectivity index (χ3v) is 22.9. The molecule has 6 aromatic rings. The molecule has 9 aliphatic heterocycles. The first-order valence-electron chi connectivity index (χ1n) is 38.0. The number of fused-ring (bicyclic) bond motifs is 3. The van der Waals surface area contributed by atoms with Crippen molar-refractivity contribution in [2.75, 3.05) is 59.2 Å². The Morgan fingerprint density at radius 3 is 1.35 bits per heavy atom. The summed E-state index contributed by atoms with van der Waals surface area (Å²) in [6.07, 6.45) is -2.45. The molecule has 6 fully saturated rings. The molecule has 41 heteroatoms. The van der Waals surface area contributed by atoms with Crippen LogP contribution in [-0.2, 0) is 92.0 Å². The largest absolute Gasteiger partial charge is 0.504 e. The average molecular weight is 1710 g/mol. The van der Waals surface area contributed by atoms with Gasteiger partial charge in [-0.15, -0.1) is 22.7 Å². The van der Waals surface area contributed by atoms with Crippen molar-refractivity contribution in [2.45, 2.75) is 152 Å². The van der Waals surface area contributed by atoms with Gasteiger partial charge < -0.3 is 74.1 Å². The molecule has 2 aromatic heterocycles. The molecule has 4 aromatic carbocycles. The second-order valence-corrected chi connectivity index (χ2v) is 34.1. The number of piperidine rings is 2. The number of Topliss-reactive ketones (excluding diaryl/α,β-unsaturated/α-hetero) is 2. The highest BCUT2D eigenvalue weighted by molar-refractivity contribution is 7.13. The number of hydrogen-bond acceptors (Lipinski definition) is 35. The third-order valence-electron chi connectivity index (χ3n) is 21.5. The molecule has 6 N–H and O–H groups in total. The van der Waals surface area contributed by atoms with Crippen molar-refractivity contribution in [3.63, 3.8) is 0 Å². The van der Waals surface area contributed by atoms with Gasteiger partial charge in [-0.05, 0) is 86.8 Å². The van der Waals surface area contributed by atoms with E-state index in [0.717, 1.165) is 23.5 Å². The van der Waals surface area contributed by atoms with Crippen LogP contribution >= 0.6 is 22.7 Å². The lowest BCUT2D eigenvalue weighted by molar-refractivity contribution is -0.263. The number of phenols is 2.